The number of aromatic nitrogens is 9. The number of benzene rings is 6. The molecule has 10 N–H and O–H groups in total. The van der Waals surface area contributed by atoms with Crippen LogP contribution in [0.15, 0.2) is 179 Å². The van der Waals surface area contributed by atoms with E-state index in [1.807, 2.05) is 70.7 Å². The monoisotopic (exact) mass is 1490 g/mol. The van der Waals surface area contributed by atoms with Gasteiger partial charge in [0.15, 0.2) is 16.9 Å². The normalized spacial score (nSPS) is 15.0. The van der Waals surface area contributed by atoms with E-state index in [1.54, 1.807) is 17.0 Å². The highest BCUT2D eigenvalue weighted by Gasteiger charge is 2.25. The van der Waals surface area contributed by atoms with Crippen molar-refractivity contribution in [2.45, 2.75) is 64.7 Å². The fourth-order valence-electron chi connectivity index (χ4n) is 15.6. The molecule has 18 rings (SSSR count). The van der Waals surface area contributed by atoms with E-state index in [2.05, 4.69) is 145 Å². The van der Waals surface area contributed by atoms with Gasteiger partial charge in [-0.15, -0.1) is 0 Å². The van der Waals surface area contributed by atoms with Crippen molar-refractivity contribution in [1.82, 2.24) is 70.2 Å². The highest BCUT2D eigenvalue weighted by molar-refractivity contribution is 5.99. The van der Waals surface area contributed by atoms with Gasteiger partial charge in [-0.3, -0.25) is 28.8 Å². The highest BCUT2D eigenvalue weighted by atomic mass is 16.2. The molecule has 27 heteroatoms. The Morgan fingerprint density at radius 3 is 1.06 bits per heavy atom. The number of primary amides is 1. The summed E-state index contributed by atoms with van der Waals surface area (Å²) in [5.74, 6) is -0.484. The van der Waals surface area contributed by atoms with Gasteiger partial charge in [0.1, 0.15) is 16.7 Å². The van der Waals surface area contributed by atoms with Crippen molar-refractivity contribution >= 4 is 103 Å². The quantitative estimate of drug-likeness (QED) is 0.0438. The van der Waals surface area contributed by atoms with Gasteiger partial charge in [0.2, 0.25) is 34.1 Å². The van der Waals surface area contributed by atoms with Gasteiger partial charge >= 0.3 is 0 Å². The van der Waals surface area contributed by atoms with Crippen molar-refractivity contribution in [3.05, 3.63) is 245 Å². The molecular formula is C84H87N21O6. The molecule has 111 heavy (non-hydrogen) atoms. The minimum absolute atomic E-state index is 0.0588. The third-order valence-electron chi connectivity index (χ3n) is 21.4. The third-order valence-corrected chi connectivity index (χ3v) is 21.4. The largest absolute Gasteiger partial charge is 0.369 e. The second kappa shape index (κ2) is 32.2. The molecule has 27 nitrogen and oxygen atoms in total. The topological polar surface area (TPSA) is 327 Å². The summed E-state index contributed by atoms with van der Waals surface area (Å²) in [5, 5.41) is 26.2. The van der Waals surface area contributed by atoms with Crippen LogP contribution in [0.25, 0.3) is 50.2 Å². The molecule has 3 fully saturated rings. The van der Waals surface area contributed by atoms with Crippen molar-refractivity contribution in [3.63, 3.8) is 0 Å². The van der Waals surface area contributed by atoms with Gasteiger partial charge in [0.05, 0.1) is 16.2 Å². The average molecular weight is 1490 g/mol. The van der Waals surface area contributed by atoms with E-state index in [9.17, 15) is 28.8 Å². The van der Waals surface area contributed by atoms with Crippen molar-refractivity contribution in [2.24, 2.45) is 5.73 Å². The Balaban J connectivity index is 0.000000126. The second-order valence-electron chi connectivity index (χ2n) is 28.5. The van der Waals surface area contributed by atoms with E-state index in [0.717, 1.165) is 188 Å². The first-order valence-corrected chi connectivity index (χ1v) is 38.2. The Hall–Kier alpha value is -12.7. The maximum Gasteiger partial charge on any atom is 0.256 e. The van der Waals surface area contributed by atoms with E-state index < -0.39 is 23.2 Å². The summed E-state index contributed by atoms with van der Waals surface area (Å²) in [7, 11) is 1.52. The summed E-state index contributed by atoms with van der Waals surface area (Å²) < 4.78 is 5.42. The fraction of sp³-hybridized carbons (Fsp3) is 0.286. The summed E-state index contributed by atoms with van der Waals surface area (Å²) in [6.45, 7) is 13.7. The zero-order chi connectivity index (χ0) is 76.1. The number of amides is 3. The lowest BCUT2D eigenvalue weighted by molar-refractivity contribution is 0.0949. The van der Waals surface area contributed by atoms with E-state index in [-0.39, 0.29) is 32.9 Å². The van der Waals surface area contributed by atoms with E-state index in [4.69, 9.17) is 20.7 Å². The zero-order valence-corrected chi connectivity index (χ0v) is 62.0. The lowest BCUT2D eigenvalue weighted by Gasteiger charge is -2.29. The van der Waals surface area contributed by atoms with Crippen LogP contribution >= 0.6 is 0 Å². The molecular weight excluding hydrogens is 1400 g/mol. The molecule has 3 saturated heterocycles. The van der Waals surface area contributed by atoms with Crippen LogP contribution in [0.3, 0.4) is 0 Å². The summed E-state index contributed by atoms with van der Waals surface area (Å²) in [6.07, 6.45) is 18.8. The number of carbonyl (C=O) groups excluding carboxylic acids is 3. The Morgan fingerprint density at radius 2 is 0.730 bits per heavy atom. The van der Waals surface area contributed by atoms with Gasteiger partial charge in [0, 0.05) is 180 Å². The first-order valence-electron chi connectivity index (χ1n) is 38.2. The number of anilines is 9. The molecule has 6 aromatic carbocycles. The number of carbonyl (C=O) groups is 3. The van der Waals surface area contributed by atoms with E-state index in [0.29, 0.717) is 52.1 Å². The molecule has 6 aromatic heterocycles. The molecule has 0 spiro atoms. The third kappa shape index (κ3) is 15.6. The highest BCUT2D eigenvalue weighted by Crippen LogP contribution is 2.32. The standard InChI is InChI=1S/C29H31N7O2.C28H29N7O2.C27H27N7O2/c1-2-31-28(38)25-18-36(23-10-9-19-5-3-6-20(19)15-23)27-24(26(25)37)17-32-29(34-27)33-21-7-4-8-22(16-21)35-13-11-30-12-14-35;1-29-27(37)24-17-35(22-9-8-18-4-2-5-19(18)14-22)26-23(25(24)36)16-31-28(33-26)32-20-6-3-7-21(15-20)34-12-10-30-11-13-34;28-25(36)23-16-34(21-8-7-17-3-1-4-18(17)13-21)26-22(24(23)35)15-30-27(32-26)31-19-5-2-6-20(14-19)33-11-9-29-10-12-33/h4,7-10,15-18,30H,2-3,5-6,11-14H2,1H3,(H,31,38)(H,32,33,34);3,6-9,14-17,30H,2,4-5,10-13H2,1H3,(H,29,37)(H,31,32,33);2,5-8,13-16,29H,1,3-4,9-12H2,(H2,28,36)(H,30,31,32). The lowest BCUT2D eigenvalue weighted by atomic mass is 10.1. The number of aryl methyl sites for hydroxylation is 6. The number of hydrogen-bond donors (Lipinski definition) is 9. The number of hydrogen-bond acceptors (Lipinski definition) is 21. The zero-order valence-electron chi connectivity index (χ0n) is 62.0. The molecule has 3 aliphatic carbocycles. The molecule has 564 valence electrons. The van der Waals surface area contributed by atoms with Gasteiger partial charge < -0.3 is 76.7 Å². The molecule has 0 saturated carbocycles. The number of rotatable bonds is 16. The number of piperazine rings is 3. The molecule has 3 amide bonds. The van der Waals surface area contributed by atoms with Crippen LogP contribution in [0, 0.1) is 0 Å². The van der Waals surface area contributed by atoms with E-state index in [1.165, 1.54) is 65.2 Å². The van der Waals surface area contributed by atoms with Crippen molar-refractivity contribution in [3.8, 4) is 17.1 Å². The van der Waals surface area contributed by atoms with Crippen LogP contribution in [0.5, 0.6) is 0 Å². The first kappa shape index (κ1) is 72.5. The molecule has 0 atom stereocenters. The molecule has 0 bridgehead atoms. The molecule has 0 radical (unpaired) electrons. The SMILES string of the molecule is CCNC(=O)c1cn(-c2ccc3c(c2)CCC3)c2nc(Nc3cccc(N4CCNCC4)c3)ncc2c1=O.CNC(=O)c1cn(-c2ccc3c(c2)CCC3)c2nc(Nc3cccc(N4CCNCC4)c3)ncc2c1=O.NC(=O)c1cn(-c2ccc3c(c2)CCC3)c2nc(Nc3cccc(N4CCNCC4)c3)ncc2c1=O. The molecule has 9 heterocycles. The predicted octanol–water partition coefficient (Wildman–Crippen LogP) is 8.48. The van der Waals surface area contributed by atoms with Crippen LogP contribution < -0.4 is 79.3 Å². The van der Waals surface area contributed by atoms with Crippen LogP contribution in [0.4, 0.5) is 52.0 Å². The minimum Gasteiger partial charge on any atom is -0.369 e. The molecule has 3 aliphatic heterocycles. The van der Waals surface area contributed by atoms with E-state index >= 15 is 0 Å². The minimum atomic E-state index is -0.774. The summed E-state index contributed by atoms with van der Waals surface area (Å²) in [6, 6.07) is 43.3. The average Bonchev–Trinajstić information content (AvgIpc) is 1.56. The summed E-state index contributed by atoms with van der Waals surface area (Å²) in [5.41, 5.74) is 22.1. The van der Waals surface area contributed by atoms with Gasteiger partial charge in [-0.1, -0.05) is 36.4 Å². The number of nitrogens with zero attached hydrogens (tertiary/aromatic N) is 12. The summed E-state index contributed by atoms with van der Waals surface area (Å²) in [4.78, 5) is 111. The van der Waals surface area contributed by atoms with Crippen molar-refractivity contribution < 1.29 is 14.4 Å². The Morgan fingerprint density at radius 1 is 0.405 bits per heavy atom. The van der Waals surface area contributed by atoms with Gasteiger partial charge in [0.25, 0.3) is 17.7 Å². The number of nitrogens with one attached hydrogen (secondary N) is 8. The second-order valence-corrected chi connectivity index (χ2v) is 28.5. The maximum atomic E-state index is 13.3. The Labute approximate surface area is 639 Å². The number of fused-ring (bicyclic) bond motifs is 6. The van der Waals surface area contributed by atoms with Crippen LogP contribution in [0.2, 0.25) is 0 Å². The van der Waals surface area contributed by atoms with Crippen LogP contribution in [-0.4, -0.2) is 153 Å². The molecule has 0 unspecified atom stereocenters. The maximum absolute atomic E-state index is 13.3. The Bertz CT molecular complexity index is 5780. The summed E-state index contributed by atoms with van der Waals surface area (Å²) >= 11 is 0. The lowest BCUT2D eigenvalue weighted by Crippen LogP contribution is -2.43. The number of nitrogens with two attached hydrogens (primary N) is 1. The van der Waals surface area contributed by atoms with Crippen molar-refractivity contribution in [1.29, 1.82) is 0 Å². The van der Waals surface area contributed by atoms with Gasteiger partial charge in [-0.25, -0.2) is 15.0 Å². The van der Waals surface area contributed by atoms with Crippen LogP contribution in [-0.2, 0) is 38.5 Å². The number of pyridine rings is 3. The van der Waals surface area contributed by atoms with Crippen LogP contribution in [0.1, 0.15) is 90.6 Å². The first-order chi connectivity index (χ1) is 54.3. The van der Waals surface area contributed by atoms with Gasteiger partial charge in [-0.05, 0) is 189 Å². The molecule has 6 aliphatic rings. The Kier molecular flexibility index (Phi) is 21.0. The molecule has 12 aromatic rings. The predicted molar refractivity (Wildman–Crippen MR) is 436 cm³/mol. The van der Waals surface area contributed by atoms with Crippen molar-refractivity contribution in [2.75, 3.05) is 123 Å². The fourth-order valence-corrected chi connectivity index (χ4v) is 15.6. The van der Waals surface area contributed by atoms with Gasteiger partial charge in [-0.2, -0.15) is 15.0 Å². The smallest absolute Gasteiger partial charge is 0.256 e.